The molecular weight excluding hydrogens is 673 g/mol. The highest BCUT2D eigenvalue weighted by Crippen LogP contribution is 2.45. The second-order valence-corrected chi connectivity index (χ2v) is 12.5. The third kappa shape index (κ3) is 5.68. The number of likely N-dealkylation sites (N-methyl/N-ethyl adjacent to an activating group) is 1. The second-order valence-electron chi connectivity index (χ2n) is 10.5. The quantitative estimate of drug-likeness (QED) is 0.0958. The Morgan fingerprint density at radius 3 is 1.88 bits per heavy atom. The van der Waals surface area contributed by atoms with E-state index >= 15 is 0 Å². The van der Waals surface area contributed by atoms with Gasteiger partial charge in [-0.3, -0.25) is 8.87 Å². The van der Waals surface area contributed by atoms with Gasteiger partial charge >= 0.3 is 0 Å². The van der Waals surface area contributed by atoms with Crippen LogP contribution in [0.3, 0.4) is 0 Å². The topological polar surface area (TPSA) is 37.2 Å². The minimum absolute atomic E-state index is 0.217. The molecule has 5 aromatic rings. The number of aromatic nitrogens is 3. The predicted octanol–water partition coefficient (Wildman–Crippen LogP) is 9.10. The highest BCUT2D eigenvalue weighted by atomic mass is 127. The lowest BCUT2D eigenvalue weighted by Gasteiger charge is -2.52. The monoisotopic (exact) mass is 709 g/mol. The average Bonchev–Trinajstić information content (AvgIpc) is 3.47. The molecule has 0 aliphatic carbocycles. The number of fused-ring (bicyclic) bond motifs is 1. The Balaban J connectivity index is 0.00000173. The number of likely N-dealkylation sites (tertiary alicyclic amines) is 1. The zero-order valence-electron chi connectivity index (χ0n) is 24.5. The number of benzene rings is 3. The fourth-order valence-corrected chi connectivity index (χ4v) is 7.80. The molecule has 6 rings (SSSR count). The Hall–Kier alpha value is -2.59. The fourth-order valence-electron chi connectivity index (χ4n) is 6.38. The van der Waals surface area contributed by atoms with Crippen molar-refractivity contribution in [2.75, 3.05) is 25.0 Å². The lowest BCUT2D eigenvalue weighted by molar-refractivity contribution is 0.0897. The van der Waals surface area contributed by atoms with Crippen LogP contribution in [-0.2, 0) is 5.54 Å². The molecule has 2 aromatic heterocycles. The zero-order chi connectivity index (χ0) is 29.7. The molecular formula is C34H37ClIN5S. The maximum atomic E-state index is 6.49. The van der Waals surface area contributed by atoms with Crippen molar-refractivity contribution < 1.29 is 0 Å². The van der Waals surface area contributed by atoms with Crippen molar-refractivity contribution in [3.05, 3.63) is 125 Å². The Bertz CT molecular complexity index is 1490. The van der Waals surface area contributed by atoms with Crippen LogP contribution in [0.25, 0.3) is 11.0 Å². The Kier molecular flexibility index (Phi) is 10.1. The van der Waals surface area contributed by atoms with Crippen molar-refractivity contribution in [2.24, 2.45) is 5.92 Å². The summed E-state index contributed by atoms with van der Waals surface area (Å²) in [6.45, 7) is 8.20. The van der Waals surface area contributed by atoms with Gasteiger partial charge in [-0.2, -0.15) is 9.97 Å². The molecule has 0 bridgehead atoms. The molecule has 3 heterocycles. The fraction of sp³-hybridized carbons (Fsp3) is 0.294. The molecule has 2 atom stereocenters. The van der Waals surface area contributed by atoms with Crippen LogP contribution >= 0.6 is 41.9 Å². The summed E-state index contributed by atoms with van der Waals surface area (Å²) in [6.07, 6.45) is 3.10. The molecule has 218 valence electrons. The summed E-state index contributed by atoms with van der Waals surface area (Å²) >= 11 is 8.76. The van der Waals surface area contributed by atoms with Crippen LogP contribution in [0.5, 0.6) is 0 Å². The van der Waals surface area contributed by atoms with E-state index in [-0.39, 0.29) is 11.3 Å². The Morgan fingerprint density at radius 1 is 0.857 bits per heavy atom. The standard InChI is InChI=1S/C32H31ClIN5S.C2H6/c1-23-18-20-38(22-28(23)37(2)29-27-19-21-39(40-34)30(27)36-31(33)35-29)32(24-12-6-3-7-13-24,25-14-8-4-9-15-25)26-16-10-5-11-17-26;1-2/h3-17,19,21,23,28H,18,20,22H2,1-2H3;1-2H3. The summed E-state index contributed by atoms with van der Waals surface area (Å²) in [4.78, 5) is 14.3. The number of anilines is 1. The van der Waals surface area contributed by atoms with Gasteiger partial charge in [0.25, 0.3) is 0 Å². The SMILES string of the molecule is CC.CC1CCN(C(c2ccccc2)(c2ccccc2)c2ccccc2)CC1N(C)c1nc(Cl)nc2c1ccn2SI. The molecule has 1 aliphatic heterocycles. The van der Waals surface area contributed by atoms with E-state index in [9.17, 15) is 0 Å². The first kappa shape index (κ1) is 30.9. The maximum absolute atomic E-state index is 6.49. The van der Waals surface area contributed by atoms with E-state index < -0.39 is 5.54 Å². The molecule has 3 aromatic carbocycles. The van der Waals surface area contributed by atoms with Crippen molar-refractivity contribution in [1.29, 1.82) is 0 Å². The lowest BCUT2D eigenvalue weighted by atomic mass is 9.74. The molecule has 8 heteroatoms. The van der Waals surface area contributed by atoms with E-state index in [0.717, 1.165) is 36.4 Å². The number of nitrogens with zero attached hydrogens (tertiary/aromatic N) is 5. The first-order chi connectivity index (χ1) is 20.5. The van der Waals surface area contributed by atoms with Crippen molar-refractivity contribution in [3.63, 3.8) is 0 Å². The normalized spacial score (nSPS) is 17.5. The zero-order valence-corrected chi connectivity index (χ0v) is 28.2. The van der Waals surface area contributed by atoms with Crippen molar-refractivity contribution in [3.8, 4) is 0 Å². The summed E-state index contributed by atoms with van der Waals surface area (Å²) < 4.78 is 2.03. The van der Waals surface area contributed by atoms with E-state index in [2.05, 4.69) is 147 Å². The highest BCUT2D eigenvalue weighted by molar-refractivity contribution is 14.2. The van der Waals surface area contributed by atoms with Crippen LogP contribution in [0.15, 0.2) is 103 Å². The van der Waals surface area contributed by atoms with Crippen LogP contribution in [0, 0.1) is 5.92 Å². The first-order valence-corrected chi connectivity index (χ1v) is 18.2. The lowest BCUT2D eigenvalue weighted by Crippen LogP contribution is -2.58. The highest BCUT2D eigenvalue weighted by Gasteiger charge is 2.45. The summed E-state index contributed by atoms with van der Waals surface area (Å²) in [5.41, 5.74) is 4.21. The molecule has 1 saturated heterocycles. The van der Waals surface area contributed by atoms with E-state index in [1.165, 1.54) is 16.7 Å². The molecule has 1 aliphatic rings. The number of hydrogen-bond donors (Lipinski definition) is 0. The van der Waals surface area contributed by atoms with Gasteiger partial charge in [0, 0.05) is 62.7 Å². The van der Waals surface area contributed by atoms with E-state index in [0.29, 0.717) is 5.92 Å². The van der Waals surface area contributed by atoms with Gasteiger partial charge in [0.15, 0.2) is 5.65 Å². The molecule has 5 nitrogen and oxygen atoms in total. The van der Waals surface area contributed by atoms with Crippen LogP contribution in [0.4, 0.5) is 5.82 Å². The Morgan fingerprint density at radius 2 is 1.38 bits per heavy atom. The van der Waals surface area contributed by atoms with E-state index in [4.69, 9.17) is 16.6 Å². The van der Waals surface area contributed by atoms with Crippen LogP contribution in [-0.4, -0.2) is 45.0 Å². The van der Waals surface area contributed by atoms with Gasteiger partial charge in [-0.1, -0.05) is 112 Å². The molecule has 0 saturated carbocycles. The van der Waals surface area contributed by atoms with Gasteiger partial charge < -0.3 is 4.90 Å². The molecule has 0 amide bonds. The van der Waals surface area contributed by atoms with Crippen LogP contribution in [0.2, 0.25) is 5.28 Å². The summed E-state index contributed by atoms with van der Waals surface area (Å²) in [7, 11) is 3.74. The largest absolute Gasteiger partial charge is 0.354 e. The maximum Gasteiger partial charge on any atom is 0.226 e. The van der Waals surface area contributed by atoms with Crippen molar-refractivity contribution >= 4 is 58.8 Å². The number of hydrogen-bond acceptors (Lipinski definition) is 5. The number of halogens is 2. The smallest absolute Gasteiger partial charge is 0.226 e. The minimum Gasteiger partial charge on any atom is -0.354 e. The van der Waals surface area contributed by atoms with Crippen molar-refractivity contribution in [1.82, 2.24) is 18.8 Å². The number of piperidine rings is 1. The second kappa shape index (κ2) is 13.8. The first-order valence-electron chi connectivity index (χ1n) is 14.5. The third-order valence-corrected chi connectivity index (χ3v) is 10.2. The summed E-state index contributed by atoms with van der Waals surface area (Å²) in [5.74, 6) is 1.34. The van der Waals surface area contributed by atoms with Gasteiger partial charge in [0.2, 0.25) is 5.28 Å². The number of rotatable bonds is 7. The molecule has 0 spiro atoms. The van der Waals surface area contributed by atoms with Gasteiger partial charge in [-0.05, 0) is 46.7 Å². The average molecular weight is 710 g/mol. The molecule has 0 N–H and O–H groups in total. The van der Waals surface area contributed by atoms with Gasteiger partial charge in [-0.25, -0.2) is 0 Å². The summed E-state index contributed by atoms with van der Waals surface area (Å²) in [5, 5.41) is 1.29. The van der Waals surface area contributed by atoms with Crippen molar-refractivity contribution in [2.45, 2.75) is 38.8 Å². The predicted molar refractivity (Wildman–Crippen MR) is 188 cm³/mol. The molecule has 1 fully saturated rings. The Labute approximate surface area is 271 Å². The molecule has 42 heavy (non-hydrogen) atoms. The minimum atomic E-state index is -0.442. The molecule has 0 radical (unpaired) electrons. The van der Waals surface area contributed by atoms with Gasteiger partial charge in [0.05, 0.1) is 10.9 Å². The summed E-state index contributed by atoms with van der Waals surface area (Å²) in [6, 6.07) is 35.2. The van der Waals surface area contributed by atoms with Gasteiger partial charge in [-0.15, -0.1) is 0 Å². The van der Waals surface area contributed by atoms with Gasteiger partial charge in [0.1, 0.15) is 5.82 Å². The molecule has 2 unspecified atom stereocenters. The van der Waals surface area contributed by atoms with Crippen LogP contribution < -0.4 is 4.90 Å². The third-order valence-electron chi connectivity index (χ3n) is 8.34. The van der Waals surface area contributed by atoms with Crippen LogP contribution in [0.1, 0.15) is 43.9 Å². The van der Waals surface area contributed by atoms with E-state index in [1.807, 2.05) is 24.0 Å². The van der Waals surface area contributed by atoms with E-state index in [1.54, 1.807) is 9.12 Å².